The van der Waals surface area contributed by atoms with E-state index in [1.165, 1.54) is 0 Å². The molecule has 3 aliphatic rings. The third kappa shape index (κ3) is 1.84. The van der Waals surface area contributed by atoms with Crippen LogP contribution in [0.5, 0.6) is 5.75 Å². The molecule has 3 nitrogen and oxygen atoms in total. The molecule has 0 radical (unpaired) electrons. The Balaban J connectivity index is 1.78. The van der Waals surface area contributed by atoms with E-state index >= 15 is 0 Å². The highest BCUT2D eigenvalue weighted by Crippen LogP contribution is 2.57. The van der Waals surface area contributed by atoms with E-state index in [2.05, 4.69) is 21.2 Å². The molecular weight excluding hydrogens is 282 g/mol. The van der Waals surface area contributed by atoms with Crippen molar-refractivity contribution in [2.24, 2.45) is 5.92 Å². The van der Waals surface area contributed by atoms with Crippen LogP contribution in [0.4, 0.5) is 0 Å². The number of carbonyl (C=O) groups is 1. The van der Waals surface area contributed by atoms with E-state index < -0.39 is 0 Å². The van der Waals surface area contributed by atoms with Gasteiger partial charge in [0.05, 0.1) is 7.11 Å². The molecule has 0 unspecified atom stereocenters. The zero-order valence-corrected chi connectivity index (χ0v) is 11.2. The molecule has 0 atom stereocenters. The monoisotopic (exact) mass is 295 g/mol. The van der Waals surface area contributed by atoms with Gasteiger partial charge in [0.1, 0.15) is 5.75 Å². The number of hydrogen-bond acceptors (Lipinski definition) is 2. The lowest BCUT2D eigenvalue weighted by molar-refractivity contribution is -0.0438. The number of nitrogens with one attached hydrogen (secondary N) is 1. The second-order valence-corrected chi connectivity index (χ2v) is 6.01. The van der Waals surface area contributed by atoms with Crippen molar-refractivity contribution in [1.82, 2.24) is 5.32 Å². The van der Waals surface area contributed by atoms with E-state index in [9.17, 15) is 4.79 Å². The lowest BCUT2D eigenvalue weighted by Gasteiger charge is -2.61. The van der Waals surface area contributed by atoms with Gasteiger partial charge in [-0.2, -0.15) is 0 Å². The SMILES string of the molecule is COc1cc(Br)cc(C(=O)NC23CC(C2)C3)c1. The molecule has 0 heterocycles. The predicted molar refractivity (Wildman–Crippen MR) is 68.2 cm³/mol. The van der Waals surface area contributed by atoms with Crippen molar-refractivity contribution >= 4 is 21.8 Å². The van der Waals surface area contributed by atoms with Crippen LogP contribution in [0.1, 0.15) is 29.6 Å². The van der Waals surface area contributed by atoms with Gasteiger partial charge in [-0.3, -0.25) is 4.79 Å². The Kier molecular flexibility index (Phi) is 2.43. The minimum absolute atomic E-state index is 0.00255. The van der Waals surface area contributed by atoms with Crippen molar-refractivity contribution in [3.05, 3.63) is 28.2 Å². The topological polar surface area (TPSA) is 38.3 Å². The van der Waals surface area contributed by atoms with E-state index in [1.54, 1.807) is 13.2 Å². The summed E-state index contributed by atoms with van der Waals surface area (Å²) in [5, 5.41) is 3.14. The fourth-order valence-electron chi connectivity index (χ4n) is 2.76. The van der Waals surface area contributed by atoms with Crippen LogP contribution < -0.4 is 10.1 Å². The number of benzene rings is 1. The van der Waals surface area contributed by atoms with Crippen LogP contribution in [0.3, 0.4) is 0 Å². The van der Waals surface area contributed by atoms with Crippen LogP contribution in [-0.2, 0) is 0 Å². The maximum absolute atomic E-state index is 12.1. The molecule has 1 N–H and O–H groups in total. The standard InChI is InChI=1S/C13H14BrNO2/c1-17-11-3-9(2-10(14)4-11)12(16)15-13-5-8(6-13)7-13/h2-4,8H,5-7H2,1H3,(H,15,16). The number of rotatable bonds is 3. The summed E-state index contributed by atoms with van der Waals surface area (Å²) < 4.78 is 6.02. The zero-order chi connectivity index (χ0) is 12.0. The van der Waals surface area contributed by atoms with Crippen LogP contribution in [0, 0.1) is 5.92 Å². The molecule has 1 amide bonds. The van der Waals surface area contributed by atoms with Gasteiger partial charge in [0.15, 0.2) is 0 Å². The largest absolute Gasteiger partial charge is 0.497 e. The molecule has 0 saturated heterocycles. The summed E-state index contributed by atoms with van der Waals surface area (Å²) in [6.07, 6.45) is 3.47. The van der Waals surface area contributed by atoms with Crippen molar-refractivity contribution in [2.45, 2.75) is 24.8 Å². The number of methoxy groups -OCH3 is 1. The minimum Gasteiger partial charge on any atom is -0.497 e. The number of carbonyl (C=O) groups excluding carboxylic acids is 1. The quantitative estimate of drug-likeness (QED) is 0.931. The summed E-state index contributed by atoms with van der Waals surface area (Å²) in [5.74, 6) is 1.57. The molecule has 0 aromatic heterocycles. The van der Waals surface area contributed by atoms with Gasteiger partial charge < -0.3 is 10.1 Å². The number of halogens is 1. The van der Waals surface area contributed by atoms with Gasteiger partial charge in [-0.1, -0.05) is 15.9 Å². The van der Waals surface area contributed by atoms with Gasteiger partial charge in [0.25, 0.3) is 5.91 Å². The van der Waals surface area contributed by atoms with Crippen molar-refractivity contribution < 1.29 is 9.53 Å². The Labute approximate surface area is 109 Å². The van der Waals surface area contributed by atoms with Crippen molar-refractivity contribution in [1.29, 1.82) is 0 Å². The fourth-order valence-corrected chi connectivity index (χ4v) is 3.23. The molecule has 3 saturated carbocycles. The van der Waals surface area contributed by atoms with E-state index in [1.807, 2.05) is 12.1 Å². The molecule has 0 aliphatic heterocycles. The third-order valence-electron chi connectivity index (χ3n) is 3.79. The Morgan fingerprint density at radius 3 is 2.65 bits per heavy atom. The Morgan fingerprint density at radius 1 is 1.41 bits per heavy atom. The van der Waals surface area contributed by atoms with Crippen molar-refractivity contribution in [3.63, 3.8) is 0 Å². The van der Waals surface area contributed by atoms with Crippen LogP contribution in [0.25, 0.3) is 0 Å². The molecule has 3 aliphatic carbocycles. The normalized spacial score (nSPS) is 28.9. The number of ether oxygens (including phenoxy) is 1. The predicted octanol–water partition coefficient (Wildman–Crippen LogP) is 2.74. The van der Waals surface area contributed by atoms with Crippen LogP contribution in [-0.4, -0.2) is 18.6 Å². The van der Waals surface area contributed by atoms with Gasteiger partial charge in [-0.15, -0.1) is 0 Å². The van der Waals surface area contributed by atoms with Crippen molar-refractivity contribution in [3.8, 4) is 5.75 Å². The molecule has 1 aromatic carbocycles. The highest BCUT2D eigenvalue weighted by atomic mass is 79.9. The lowest BCUT2D eigenvalue weighted by atomic mass is 9.50. The Bertz CT molecular complexity index is 469. The summed E-state index contributed by atoms with van der Waals surface area (Å²) in [6.45, 7) is 0. The minimum atomic E-state index is 0.00255. The molecule has 90 valence electrons. The third-order valence-corrected chi connectivity index (χ3v) is 4.24. The first-order chi connectivity index (χ1) is 8.10. The van der Waals surface area contributed by atoms with E-state index in [-0.39, 0.29) is 11.4 Å². The first-order valence-corrected chi connectivity index (χ1v) is 6.57. The maximum Gasteiger partial charge on any atom is 0.251 e. The van der Waals surface area contributed by atoms with Gasteiger partial charge >= 0.3 is 0 Å². The zero-order valence-electron chi connectivity index (χ0n) is 9.63. The highest BCUT2D eigenvalue weighted by Gasteiger charge is 2.57. The van der Waals surface area contributed by atoms with Gasteiger partial charge in [0, 0.05) is 15.6 Å². The Hall–Kier alpha value is -1.03. The van der Waals surface area contributed by atoms with E-state index in [0.29, 0.717) is 11.3 Å². The molecule has 4 rings (SSSR count). The van der Waals surface area contributed by atoms with E-state index in [0.717, 1.165) is 29.7 Å². The summed E-state index contributed by atoms with van der Waals surface area (Å²) in [4.78, 5) is 12.1. The smallest absolute Gasteiger partial charge is 0.251 e. The Morgan fingerprint density at radius 2 is 2.12 bits per heavy atom. The van der Waals surface area contributed by atoms with Gasteiger partial charge in [0.2, 0.25) is 0 Å². The van der Waals surface area contributed by atoms with Crippen molar-refractivity contribution in [2.75, 3.05) is 7.11 Å². The molecule has 17 heavy (non-hydrogen) atoms. The summed E-state index contributed by atoms with van der Waals surface area (Å²) >= 11 is 3.38. The van der Waals surface area contributed by atoms with Crippen LogP contribution in [0.15, 0.2) is 22.7 Å². The molecule has 1 aromatic rings. The second kappa shape index (κ2) is 3.73. The molecule has 3 fully saturated rings. The average molecular weight is 296 g/mol. The maximum atomic E-state index is 12.1. The molecule has 0 spiro atoms. The van der Waals surface area contributed by atoms with Crippen LogP contribution in [0.2, 0.25) is 0 Å². The highest BCUT2D eigenvalue weighted by molar-refractivity contribution is 9.10. The van der Waals surface area contributed by atoms with Gasteiger partial charge in [-0.05, 0) is 43.4 Å². The number of amides is 1. The number of hydrogen-bond donors (Lipinski definition) is 1. The van der Waals surface area contributed by atoms with Crippen LogP contribution >= 0.6 is 15.9 Å². The fraction of sp³-hybridized carbons (Fsp3) is 0.462. The molecular formula is C13H14BrNO2. The summed E-state index contributed by atoms with van der Waals surface area (Å²) in [7, 11) is 1.60. The lowest BCUT2D eigenvalue weighted by Crippen LogP contribution is -2.68. The first kappa shape index (κ1) is 11.1. The molecule has 2 bridgehead atoms. The second-order valence-electron chi connectivity index (χ2n) is 5.09. The van der Waals surface area contributed by atoms with Gasteiger partial charge in [-0.25, -0.2) is 0 Å². The summed E-state index contributed by atoms with van der Waals surface area (Å²) in [6, 6.07) is 5.44. The average Bonchev–Trinajstić information content (AvgIpc) is 2.20. The summed E-state index contributed by atoms with van der Waals surface area (Å²) in [5.41, 5.74) is 0.776. The van der Waals surface area contributed by atoms with E-state index in [4.69, 9.17) is 4.74 Å². The molecule has 4 heteroatoms. The first-order valence-electron chi connectivity index (χ1n) is 5.77.